The van der Waals surface area contributed by atoms with Crippen LogP contribution in [0.1, 0.15) is 27.1 Å². The maximum Gasteiger partial charge on any atom is 0.256 e. The first-order valence-corrected chi connectivity index (χ1v) is 11.0. The van der Waals surface area contributed by atoms with Crippen LogP contribution in [0.3, 0.4) is 0 Å². The first kappa shape index (κ1) is 20.0. The number of carbonyl (C=O) groups is 3. The van der Waals surface area contributed by atoms with Crippen LogP contribution in [0.2, 0.25) is 0 Å². The standard InChI is InChI=1S/C22H22N4O3S/c1-26-10-8-14-15(4-3-5-19(14)26)20(27)23-13-6-7-17-16(12-13)21(28)25-18(9-11-30-2)22(29)24-17/h3-8,10,12,18H,9,11H2,1-2H3,(H,23,27)(H,24,29)(H,25,28)/t18-/m1/s1. The average Bonchev–Trinajstić information content (AvgIpc) is 3.07. The number of carbonyl (C=O) groups excluding carboxylic acids is 3. The van der Waals surface area contributed by atoms with Gasteiger partial charge in [-0.3, -0.25) is 14.4 Å². The molecule has 154 valence electrons. The van der Waals surface area contributed by atoms with E-state index in [1.54, 1.807) is 36.0 Å². The van der Waals surface area contributed by atoms with Gasteiger partial charge in [0.05, 0.1) is 11.3 Å². The van der Waals surface area contributed by atoms with Crippen LogP contribution >= 0.6 is 11.8 Å². The molecule has 1 atom stereocenters. The van der Waals surface area contributed by atoms with Gasteiger partial charge in [-0.25, -0.2) is 0 Å². The fourth-order valence-electron chi connectivity index (χ4n) is 3.58. The third-order valence-corrected chi connectivity index (χ3v) is 5.83. The third kappa shape index (κ3) is 3.78. The molecule has 30 heavy (non-hydrogen) atoms. The molecule has 1 aliphatic heterocycles. The monoisotopic (exact) mass is 422 g/mol. The maximum absolute atomic E-state index is 12.9. The first-order chi connectivity index (χ1) is 14.5. The fourth-order valence-corrected chi connectivity index (χ4v) is 4.05. The molecule has 3 aromatic rings. The number of hydrogen-bond donors (Lipinski definition) is 3. The Hall–Kier alpha value is -3.26. The number of thioether (sulfide) groups is 1. The largest absolute Gasteiger partial charge is 0.351 e. The van der Waals surface area contributed by atoms with Crippen molar-refractivity contribution < 1.29 is 14.4 Å². The molecule has 4 rings (SSSR count). The topological polar surface area (TPSA) is 92.2 Å². The number of aryl methyl sites for hydroxylation is 1. The smallest absolute Gasteiger partial charge is 0.256 e. The number of nitrogens with zero attached hydrogens (tertiary/aromatic N) is 1. The molecular formula is C22H22N4O3S. The summed E-state index contributed by atoms with van der Waals surface area (Å²) in [5.74, 6) is -0.0665. The minimum absolute atomic E-state index is 0.233. The molecule has 0 spiro atoms. The third-order valence-electron chi connectivity index (χ3n) is 5.18. The molecule has 1 aliphatic rings. The van der Waals surface area contributed by atoms with Crippen LogP contribution in [0, 0.1) is 0 Å². The van der Waals surface area contributed by atoms with Crippen LogP contribution in [0.4, 0.5) is 11.4 Å². The number of nitrogens with one attached hydrogen (secondary N) is 3. The van der Waals surface area contributed by atoms with Gasteiger partial charge in [0.1, 0.15) is 6.04 Å². The van der Waals surface area contributed by atoms with Crippen molar-refractivity contribution in [3.8, 4) is 0 Å². The predicted octanol–water partition coefficient (Wildman–Crippen LogP) is 3.23. The van der Waals surface area contributed by atoms with Crippen LogP contribution in [0.5, 0.6) is 0 Å². The Labute approximate surface area is 178 Å². The average molecular weight is 423 g/mol. The highest BCUT2D eigenvalue weighted by Crippen LogP contribution is 2.25. The summed E-state index contributed by atoms with van der Waals surface area (Å²) >= 11 is 1.62. The highest BCUT2D eigenvalue weighted by Gasteiger charge is 2.27. The summed E-state index contributed by atoms with van der Waals surface area (Å²) in [6.07, 6.45) is 4.41. The zero-order chi connectivity index (χ0) is 21.3. The maximum atomic E-state index is 12.9. The van der Waals surface area contributed by atoms with E-state index >= 15 is 0 Å². The summed E-state index contributed by atoms with van der Waals surface area (Å²) in [5.41, 5.74) is 2.76. The minimum Gasteiger partial charge on any atom is -0.351 e. The van der Waals surface area contributed by atoms with Gasteiger partial charge in [0.2, 0.25) is 5.91 Å². The van der Waals surface area contributed by atoms with Crippen molar-refractivity contribution in [2.75, 3.05) is 22.6 Å². The molecule has 0 saturated carbocycles. The highest BCUT2D eigenvalue weighted by atomic mass is 32.2. The number of fused-ring (bicyclic) bond motifs is 2. The SMILES string of the molecule is CSCC[C@H]1NC(=O)c2cc(NC(=O)c3cccc4c3ccn4C)ccc2NC1=O. The Kier molecular flexibility index (Phi) is 5.50. The van der Waals surface area contributed by atoms with E-state index < -0.39 is 6.04 Å². The van der Waals surface area contributed by atoms with Crippen molar-refractivity contribution in [3.63, 3.8) is 0 Å². The second-order valence-electron chi connectivity index (χ2n) is 7.18. The van der Waals surface area contributed by atoms with Gasteiger partial charge in [-0.2, -0.15) is 11.8 Å². The minimum atomic E-state index is -0.578. The van der Waals surface area contributed by atoms with E-state index in [2.05, 4.69) is 16.0 Å². The lowest BCUT2D eigenvalue weighted by Gasteiger charge is -2.13. The van der Waals surface area contributed by atoms with Gasteiger partial charge in [0.25, 0.3) is 11.8 Å². The van der Waals surface area contributed by atoms with Crippen LogP contribution in [0.15, 0.2) is 48.7 Å². The lowest BCUT2D eigenvalue weighted by Crippen LogP contribution is -2.41. The van der Waals surface area contributed by atoms with Gasteiger partial charge in [0, 0.05) is 35.4 Å². The van der Waals surface area contributed by atoms with Crippen LogP contribution in [-0.4, -0.2) is 40.3 Å². The summed E-state index contributed by atoms with van der Waals surface area (Å²) in [4.78, 5) is 38.0. The molecule has 0 fully saturated rings. The molecule has 2 aromatic carbocycles. The number of amides is 3. The molecule has 2 heterocycles. The molecule has 3 amide bonds. The fraction of sp³-hybridized carbons (Fsp3) is 0.227. The van der Waals surface area contributed by atoms with E-state index in [0.717, 1.165) is 16.7 Å². The van der Waals surface area contributed by atoms with E-state index in [1.165, 1.54) is 0 Å². The Morgan fingerprint density at radius 1 is 1.20 bits per heavy atom. The van der Waals surface area contributed by atoms with E-state index in [9.17, 15) is 14.4 Å². The summed E-state index contributed by atoms with van der Waals surface area (Å²) in [6, 6.07) is 11.8. The number of rotatable bonds is 5. The number of benzene rings is 2. The number of hydrogen-bond acceptors (Lipinski definition) is 4. The normalized spacial score (nSPS) is 15.9. The Morgan fingerprint density at radius 3 is 2.83 bits per heavy atom. The Bertz CT molecular complexity index is 1150. The molecule has 8 heteroatoms. The number of aromatic nitrogens is 1. The summed E-state index contributed by atoms with van der Waals surface area (Å²) in [7, 11) is 1.93. The summed E-state index contributed by atoms with van der Waals surface area (Å²) < 4.78 is 1.95. The second kappa shape index (κ2) is 8.23. The molecule has 3 N–H and O–H groups in total. The molecule has 0 radical (unpaired) electrons. The van der Waals surface area contributed by atoms with Crippen molar-refractivity contribution in [3.05, 3.63) is 59.8 Å². The van der Waals surface area contributed by atoms with Crippen LogP contribution in [0.25, 0.3) is 10.9 Å². The van der Waals surface area contributed by atoms with Crippen molar-refractivity contribution in [1.29, 1.82) is 0 Å². The molecule has 1 aromatic heterocycles. The van der Waals surface area contributed by atoms with E-state index in [0.29, 0.717) is 28.9 Å². The van der Waals surface area contributed by atoms with E-state index in [-0.39, 0.29) is 17.7 Å². The molecule has 0 saturated heterocycles. The first-order valence-electron chi connectivity index (χ1n) is 9.58. The van der Waals surface area contributed by atoms with Gasteiger partial charge in [-0.05, 0) is 54.8 Å². The van der Waals surface area contributed by atoms with Crippen molar-refractivity contribution in [2.24, 2.45) is 7.05 Å². The molecule has 0 aliphatic carbocycles. The lowest BCUT2D eigenvalue weighted by molar-refractivity contribution is -0.117. The zero-order valence-electron chi connectivity index (χ0n) is 16.7. The quantitative estimate of drug-likeness (QED) is 0.589. The highest BCUT2D eigenvalue weighted by molar-refractivity contribution is 7.98. The Balaban J connectivity index is 1.58. The van der Waals surface area contributed by atoms with Crippen LogP contribution < -0.4 is 16.0 Å². The summed E-state index contributed by atoms with van der Waals surface area (Å²) in [6.45, 7) is 0. The van der Waals surface area contributed by atoms with Crippen molar-refractivity contribution in [1.82, 2.24) is 9.88 Å². The van der Waals surface area contributed by atoms with Gasteiger partial charge in [0.15, 0.2) is 0 Å². The van der Waals surface area contributed by atoms with E-state index in [1.807, 2.05) is 42.3 Å². The van der Waals surface area contributed by atoms with Gasteiger partial charge in [-0.15, -0.1) is 0 Å². The molecular weight excluding hydrogens is 400 g/mol. The van der Waals surface area contributed by atoms with Gasteiger partial charge in [-0.1, -0.05) is 6.07 Å². The van der Waals surface area contributed by atoms with E-state index in [4.69, 9.17) is 0 Å². The number of anilines is 2. The zero-order valence-corrected chi connectivity index (χ0v) is 17.5. The lowest BCUT2D eigenvalue weighted by atomic mass is 10.1. The molecule has 0 unspecified atom stereocenters. The van der Waals surface area contributed by atoms with Gasteiger partial charge >= 0.3 is 0 Å². The van der Waals surface area contributed by atoms with Crippen LogP contribution in [-0.2, 0) is 11.8 Å². The molecule has 7 nitrogen and oxygen atoms in total. The van der Waals surface area contributed by atoms with Gasteiger partial charge < -0.3 is 20.5 Å². The molecule has 0 bridgehead atoms. The predicted molar refractivity (Wildman–Crippen MR) is 120 cm³/mol. The summed E-state index contributed by atoms with van der Waals surface area (Å²) in [5, 5.41) is 9.30. The van der Waals surface area contributed by atoms with Crippen molar-refractivity contribution >= 4 is 51.8 Å². The Morgan fingerprint density at radius 2 is 2.03 bits per heavy atom. The van der Waals surface area contributed by atoms with Crippen molar-refractivity contribution in [2.45, 2.75) is 12.5 Å². The second-order valence-corrected chi connectivity index (χ2v) is 8.16.